The van der Waals surface area contributed by atoms with Crippen LogP contribution in [0, 0.1) is 9.49 Å². The van der Waals surface area contributed by atoms with Crippen LogP contribution in [0.15, 0.2) is 12.5 Å². The third-order valence-electron chi connectivity index (χ3n) is 2.99. The SMILES string of the molecule is CC(C)C1CCCN1c1ncncc1I. The van der Waals surface area contributed by atoms with E-state index in [2.05, 4.69) is 51.3 Å². The Balaban J connectivity index is 2.27. The van der Waals surface area contributed by atoms with Crippen LogP contribution >= 0.6 is 22.6 Å². The number of hydrogen-bond donors (Lipinski definition) is 0. The number of nitrogens with zero attached hydrogens (tertiary/aromatic N) is 3. The topological polar surface area (TPSA) is 29.0 Å². The van der Waals surface area contributed by atoms with Crippen molar-refractivity contribution < 1.29 is 0 Å². The lowest BCUT2D eigenvalue weighted by Crippen LogP contribution is -2.34. The van der Waals surface area contributed by atoms with Gasteiger partial charge in [-0.25, -0.2) is 9.97 Å². The summed E-state index contributed by atoms with van der Waals surface area (Å²) in [5, 5.41) is 0. The quantitative estimate of drug-likeness (QED) is 0.786. The molecule has 1 unspecified atom stereocenters. The van der Waals surface area contributed by atoms with Crippen molar-refractivity contribution in [2.45, 2.75) is 32.7 Å². The summed E-state index contributed by atoms with van der Waals surface area (Å²) in [5.41, 5.74) is 0. The molecule has 0 bridgehead atoms. The molecule has 0 radical (unpaired) electrons. The molecule has 0 spiro atoms. The van der Waals surface area contributed by atoms with Gasteiger partial charge in [-0.05, 0) is 41.4 Å². The summed E-state index contributed by atoms with van der Waals surface area (Å²) in [4.78, 5) is 10.9. The highest BCUT2D eigenvalue weighted by Gasteiger charge is 2.28. The van der Waals surface area contributed by atoms with Crippen molar-refractivity contribution >= 4 is 28.4 Å². The first-order valence-electron chi connectivity index (χ1n) is 5.42. The molecule has 0 N–H and O–H groups in total. The fourth-order valence-electron chi connectivity index (χ4n) is 2.27. The number of rotatable bonds is 2. The van der Waals surface area contributed by atoms with E-state index in [1.807, 2.05) is 6.20 Å². The Morgan fingerprint density at radius 3 is 3.00 bits per heavy atom. The molecule has 15 heavy (non-hydrogen) atoms. The van der Waals surface area contributed by atoms with Gasteiger partial charge in [0.15, 0.2) is 0 Å². The van der Waals surface area contributed by atoms with Gasteiger partial charge >= 0.3 is 0 Å². The molecule has 1 fully saturated rings. The Kier molecular flexibility index (Phi) is 3.43. The second-order valence-corrected chi connectivity index (χ2v) is 5.50. The van der Waals surface area contributed by atoms with Gasteiger partial charge in [0.05, 0.1) is 3.57 Å². The van der Waals surface area contributed by atoms with Gasteiger partial charge in [0.25, 0.3) is 0 Å². The van der Waals surface area contributed by atoms with Gasteiger partial charge < -0.3 is 4.90 Å². The van der Waals surface area contributed by atoms with Crippen molar-refractivity contribution in [1.29, 1.82) is 0 Å². The van der Waals surface area contributed by atoms with Gasteiger partial charge in [0, 0.05) is 18.8 Å². The largest absolute Gasteiger partial charge is 0.352 e. The molecule has 1 atom stereocenters. The minimum absolute atomic E-state index is 0.647. The summed E-state index contributed by atoms with van der Waals surface area (Å²) >= 11 is 2.32. The molecule has 0 saturated carbocycles. The molecule has 82 valence electrons. The first-order valence-corrected chi connectivity index (χ1v) is 6.50. The molecular formula is C11H16IN3. The third kappa shape index (κ3) is 2.24. The Hall–Kier alpha value is -0.390. The zero-order valence-corrected chi connectivity index (χ0v) is 11.3. The van der Waals surface area contributed by atoms with E-state index in [1.54, 1.807) is 6.33 Å². The monoisotopic (exact) mass is 317 g/mol. The van der Waals surface area contributed by atoms with Crippen molar-refractivity contribution in [2.24, 2.45) is 5.92 Å². The Labute approximate surface area is 104 Å². The van der Waals surface area contributed by atoms with Crippen LogP contribution < -0.4 is 4.90 Å². The minimum Gasteiger partial charge on any atom is -0.352 e. The van der Waals surface area contributed by atoms with E-state index < -0.39 is 0 Å². The van der Waals surface area contributed by atoms with Gasteiger partial charge in [-0.2, -0.15) is 0 Å². The zero-order chi connectivity index (χ0) is 10.8. The maximum atomic E-state index is 4.40. The molecule has 1 aliphatic rings. The highest BCUT2D eigenvalue weighted by atomic mass is 127. The molecule has 0 aliphatic carbocycles. The molecule has 4 heteroatoms. The van der Waals surface area contributed by atoms with Gasteiger partial charge in [0.1, 0.15) is 12.1 Å². The molecule has 1 aromatic heterocycles. The second-order valence-electron chi connectivity index (χ2n) is 4.34. The maximum Gasteiger partial charge on any atom is 0.145 e. The van der Waals surface area contributed by atoms with E-state index in [4.69, 9.17) is 0 Å². The van der Waals surface area contributed by atoms with Crippen LogP contribution in [0.3, 0.4) is 0 Å². The molecule has 0 amide bonds. The number of aromatic nitrogens is 2. The molecule has 3 nitrogen and oxygen atoms in total. The molecule has 1 aromatic rings. The predicted octanol–water partition coefficient (Wildman–Crippen LogP) is 2.71. The fraction of sp³-hybridized carbons (Fsp3) is 0.636. The van der Waals surface area contributed by atoms with Crippen LogP contribution in [0.25, 0.3) is 0 Å². The molecule has 1 saturated heterocycles. The average Bonchev–Trinajstić information content (AvgIpc) is 2.67. The van der Waals surface area contributed by atoms with Gasteiger partial charge in [-0.3, -0.25) is 0 Å². The first kappa shape index (κ1) is 11.1. The van der Waals surface area contributed by atoms with Crippen LogP contribution in [-0.4, -0.2) is 22.6 Å². The Morgan fingerprint density at radius 1 is 1.53 bits per heavy atom. The zero-order valence-electron chi connectivity index (χ0n) is 9.15. The Bertz CT molecular complexity index is 340. The lowest BCUT2D eigenvalue weighted by molar-refractivity contribution is 0.489. The third-order valence-corrected chi connectivity index (χ3v) is 3.75. The highest BCUT2D eigenvalue weighted by Crippen LogP contribution is 2.30. The van der Waals surface area contributed by atoms with Crippen molar-refractivity contribution in [1.82, 2.24) is 9.97 Å². The summed E-state index contributed by atoms with van der Waals surface area (Å²) in [6, 6.07) is 0.647. The van der Waals surface area contributed by atoms with Crippen molar-refractivity contribution in [3.63, 3.8) is 0 Å². The smallest absolute Gasteiger partial charge is 0.145 e. The molecule has 2 rings (SSSR count). The van der Waals surface area contributed by atoms with Crippen molar-refractivity contribution in [2.75, 3.05) is 11.4 Å². The van der Waals surface area contributed by atoms with Gasteiger partial charge in [-0.1, -0.05) is 13.8 Å². The van der Waals surface area contributed by atoms with Gasteiger partial charge in [0.2, 0.25) is 0 Å². The second kappa shape index (κ2) is 4.63. The number of anilines is 1. The summed E-state index contributed by atoms with van der Waals surface area (Å²) in [5.74, 6) is 1.81. The van der Waals surface area contributed by atoms with E-state index in [9.17, 15) is 0 Å². The van der Waals surface area contributed by atoms with E-state index >= 15 is 0 Å². The normalized spacial score (nSPS) is 21.3. The summed E-state index contributed by atoms with van der Waals surface area (Å²) in [6.45, 7) is 5.71. The molecule has 0 aromatic carbocycles. The molecular weight excluding hydrogens is 301 g/mol. The highest BCUT2D eigenvalue weighted by molar-refractivity contribution is 14.1. The number of halogens is 1. The number of hydrogen-bond acceptors (Lipinski definition) is 3. The summed E-state index contributed by atoms with van der Waals surface area (Å²) < 4.78 is 1.16. The van der Waals surface area contributed by atoms with E-state index in [1.165, 1.54) is 12.8 Å². The molecule has 1 aliphatic heterocycles. The van der Waals surface area contributed by atoms with E-state index in [0.29, 0.717) is 12.0 Å². The van der Waals surface area contributed by atoms with Crippen LogP contribution in [0.1, 0.15) is 26.7 Å². The lowest BCUT2D eigenvalue weighted by Gasteiger charge is -2.29. The average molecular weight is 317 g/mol. The van der Waals surface area contributed by atoms with Crippen molar-refractivity contribution in [3.05, 3.63) is 16.1 Å². The van der Waals surface area contributed by atoms with Crippen LogP contribution in [-0.2, 0) is 0 Å². The molecule has 2 heterocycles. The van der Waals surface area contributed by atoms with E-state index in [-0.39, 0.29) is 0 Å². The Morgan fingerprint density at radius 2 is 2.33 bits per heavy atom. The summed E-state index contributed by atoms with van der Waals surface area (Å²) in [7, 11) is 0. The lowest BCUT2D eigenvalue weighted by atomic mass is 10.0. The van der Waals surface area contributed by atoms with Crippen LogP contribution in [0.2, 0.25) is 0 Å². The van der Waals surface area contributed by atoms with E-state index in [0.717, 1.165) is 15.9 Å². The summed E-state index contributed by atoms with van der Waals surface area (Å²) in [6.07, 6.45) is 6.10. The van der Waals surface area contributed by atoms with Crippen LogP contribution in [0.5, 0.6) is 0 Å². The minimum atomic E-state index is 0.647. The van der Waals surface area contributed by atoms with Crippen LogP contribution in [0.4, 0.5) is 5.82 Å². The maximum absolute atomic E-state index is 4.40. The van der Waals surface area contributed by atoms with Crippen molar-refractivity contribution in [3.8, 4) is 0 Å². The fourth-order valence-corrected chi connectivity index (χ4v) is 2.88. The van der Waals surface area contributed by atoms with Gasteiger partial charge in [-0.15, -0.1) is 0 Å². The standard InChI is InChI=1S/C11H16IN3/c1-8(2)10-4-3-5-15(10)11-9(12)6-13-7-14-11/h6-8,10H,3-5H2,1-2H3. The first-order chi connectivity index (χ1) is 7.20. The predicted molar refractivity (Wildman–Crippen MR) is 70.0 cm³/mol.